The van der Waals surface area contributed by atoms with Crippen molar-refractivity contribution in [3.63, 3.8) is 0 Å². The van der Waals surface area contributed by atoms with E-state index in [2.05, 4.69) is 17.4 Å². The van der Waals surface area contributed by atoms with Crippen LogP contribution in [-0.4, -0.2) is 27.5 Å². The van der Waals surface area contributed by atoms with Gasteiger partial charge in [0.25, 0.3) is 0 Å². The second kappa shape index (κ2) is 6.40. The van der Waals surface area contributed by atoms with Crippen LogP contribution in [0, 0.1) is 0 Å². The van der Waals surface area contributed by atoms with E-state index < -0.39 is 0 Å². The van der Waals surface area contributed by atoms with E-state index in [0.29, 0.717) is 6.73 Å². The average Bonchev–Trinajstić information content (AvgIpc) is 2.25. The molecule has 0 radical (unpaired) electrons. The maximum absolute atomic E-state index is 5.08. The van der Waals surface area contributed by atoms with Gasteiger partial charge >= 0.3 is 0 Å². The maximum atomic E-state index is 5.08. The molecule has 78 valence electrons. The first-order valence-electron chi connectivity index (χ1n) is 4.69. The molecule has 0 fully saturated rings. The highest BCUT2D eigenvalue weighted by molar-refractivity contribution is 5.27. The van der Waals surface area contributed by atoms with Crippen LogP contribution in [0.3, 0.4) is 0 Å². The highest BCUT2D eigenvalue weighted by atomic mass is 16.5. The Morgan fingerprint density at radius 3 is 2.43 bits per heavy atom. The van der Waals surface area contributed by atoms with E-state index in [9.17, 15) is 0 Å². The van der Waals surface area contributed by atoms with Gasteiger partial charge in [0.2, 0.25) is 0 Å². The molecule has 0 saturated heterocycles. The van der Waals surface area contributed by atoms with E-state index in [4.69, 9.17) is 9.47 Å². The number of hydrogen-bond donors (Lipinski definition) is 1. The van der Waals surface area contributed by atoms with E-state index in [1.54, 1.807) is 14.2 Å². The Balaban J connectivity index is 2.29. The highest BCUT2D eigenvalue weighted by Gasteiger charge is 1.93. The first-order valence-corrected chi connectivity index (χ1v) is 4.69. The molecule has 0 unspecified atom stereocenters. The number of benzene rings is 1. The third-order valence-corrected chi connectivity index (χ3v) is 2.00. The van der Waals surface area contributed by atoms with Gasteiger partial charge in [-0.2, -0.15) is 0 Å². The molecular weight excluding hydrogens is 178 g/mol. The largest absolute Gasteiger partial charge is 0.497 e. The smallest absolute Gasteiger partial charge is 0.118 e. The van der Waals surface area contributed by atoms with Crippen LogP contribution in [0.2, 0.25) is 0 Å². The van der Waals surface area contributed by atoms with Gasteiger partial charge < -0.3 is 9.47 Å². The summed E-state index contributed by atoms with van der Waals surface area (Å²) in [6.45, 7) is 1.54. The van der Waals surface area contributed by atoms with Crippen molar-refractivity contribution in [1.82, 2.24) is 5.32 Å². The van der Waals surface area contributed by atoms with Crippen LogP contribution in [0.4, 0.5) is 0 Å². The Hall–Kier alpha value is -1.06. The fourth-order valence-corrected chi connectivity index (χ4v) is 1.20. The summed E-state index contributed by atoms with van der Waals surface area (Å²) in [6.07, 6.45) is 1.01. The number of ether oxygens (including phenoxy) is 2. The van der Waals surface area contributed by atoms with E-state index >= 15 is 0 Å². The molecule has 1 aromatic rings. The molecule has 0 heterocycles. The first-order chi connectivity index (χ1) is 6.86. The number of methoxy groups -OCH3 is 2. The molecule has 3 nitrogen and oxygen atoms in total. The van der Waals surface area contributed by atoms with Crippen LogP contribution in [0.5, 0.6) is 5.75 Å². The van der Waals surface area contributed by atoms with Gasteiger partial charge in [0.1, 0.15) is 5.75 Å². The van der Waals surface area contributed by atoms with Gasteiger partial charge in [-0.05, 0) is 24.1 Å². The minimum atomic E-state index is 0.607. The second-order valence-corrected chi connectivity index (χ2v) is 3.03. The van der Waals surface area contributed by atoms with Gasteiger partial charge in [-0.15, -0.1) is 0 Å². The van der Waals surface area contributed by atoms with E-state index in [0.717, 1.165) is 18.7 Å². The second-order valence-electron chi connectivity index (χ2n) is 3.03. The molecule has 0 atom stereocenters. The van der Waals surface area contributed by atoms with Crippen molar-refractivity contribution in [2.75, 3.05) is 27.5 Å². The Labute approximate surface area is 85.0 Å². The fraction of sp³-hybridized carbons (Fsp3) is 0.455. The molecule has 0 aliphatic rings. The van der Waals surface area contributed by atoms with Crippen LogP contribution < -0.4 is 10.1 Å². The molecule has 1 aromatic carbocycles. The lowest BCUT2D eigenvalue weighted by molar-refractivity contribution is 0.176. The Bertz CT molecular complexity index is 246. The van der Waals surface area contributed by atoms with Crippen molar-refractivity contribution in [3.8, 4) is 5.75 Å². The topological polar surface area (TPSA) is 30.5 Å². The molecule has 0 amide bonds. The van der Waals surface area contributed by atoms with Crippen molar-refractivity contribution >= 4 is 0 Å². The molecule has 1 N–H and O–H groups in total. The van der Waals surface area contributed by atoms with Crippen molar-refractivity contribution in [3.05, 3.63) is 29.8 Å². The molecule has 0 bridgehead atoms. The van der Waals surface area contributed by atoms with Crippen LogP contribution in [0.1, 0.15) is 5.56 Å². The van der Waals surface area contributed by atoms with Gasteiger partial charge in [-0.25, -0.2) is 0 Å². The Kier molecular flexibility index (Phi) is 5.04. The molecule has 1 rings (SSSR count). The SMILES string of the molecule is COCNCCc1ccc(OC)cc1. The zero-order chi connectivity index (χ0) is 10.2. The average molecular weight is 195 g/mol. The molecule has 3 heteroatoms. The number of nitrogens with one attached hydrogen (secondary N) is 1. The van der Waals surface area contributed by atoms with E-state index in [1.807, 2.05) is 12.1 Å². The molecule has 14 heavy (non-hydrogen) atoms. The van der Waals surface area contributed by atoms with Crippen molar-refractivity contribution in [2.45, 2.75) is 6.42 Å². The van der Waals surface area contributed by atoms with E-state index in [-0.39, 0.29) is 0 Å². The monoisotopic (exact) mass is 195 g/mol. The number of rotatable bonds is 6. The van der Waals surface area contributed by atoms with Crippen molar-refractivity contribution in [2.24, 2.45) is 0 Å². The molecule has 0 saturated carbocycles. The van der Waals surface area contributed by atoms with Gasteiger partial charge in [0, 0.05) is 13.7 Å². The predicted molar refractivity (Wildman–Crippen MR) is 56.6 cm³/mol. The number of hydrogen-bond acceptors (Lipinski definition) is 3. The fourth-order valence-electron chi connectivity index (χ4n) is 1.20. The van der Waals surface area contributed by atoms with Gasteiger partial charge in [0.15, 0.2) is 0 Å². The standard InChI is InChI=1S/C11H17NO2/c1-13-9-12-8-7-10-3-5-11(14-2)6-4-10/h3-6,12H,7-9H2,1-2H3. The lowest BCUT2D eigenvalue weighted by Gasteiger charge is -2.04. The summed E-state index contributed by atoms with van der Waals surface area (Å²) in [5.41, 5.74) is 1.30. The molecular formula is C11H17NO2. The van der Waals surface area contributed by atoms with Crippen LogP contribution in [-0.2, 0) is 11.2 Å². The summed E-state index contributed by atoms with van der Waals surface area (Å²) < 4.78 is 9.96. The molecule has 0 aliphatic carbocycles. The zero-order valence-corrected chi connectivity index (χ0v) is 8.75. The van der Waals surface area contributed by atoms with Crippen LogP contribution in [0.25, 0.3) is 0 Å². The lowest BCUT2D eigenvalue weighted by atomic mass is 10.1. The van der Waals surface area contributed by atoms with Crippen LogP contribution >= 0.6 is 0 Å². The summed E-state index contributed by atoms with van der Waals surface area (Å²) in [6, 6.07) is 8.11. The summed E-state index contributed by atoms with van der Waals surface area (Å²) in [5.74, 6) is 0.901. The van der Waals surface area contributed by atoms with Gasteiger partial charge in [0.05, 0.1) is 13.8 Å². The van der Waals surface area contributed by atoms with Gasteiger partial charge in [-0.3, -0.25) is 5.32 Å². The quantitative estimate of drug-likeness (QED) is 0.550. The van der Waals surface area contributed by atoms with Gasteiger partial charge in [-0.1, -0.05) is 12.1 Å². The zero-order valence-electron chi connectivity index (χ0n) is 8.75. The third-order valence-electron chi connectivity index (χ3n) is 2.00. The summed E-state index contributed by atoms with van der Waals surface area (Å²) in [5, 5.41) is 3.16. The highest BCUT2D eigenvalue weighted by Crippen LogP contribution is 2.11. The first kappa shape index (κ1) is 11.0. The molecule has 0 aliphatic heterocycles. The summed E-state index contributed by atoms with van der Waals surface area (Å²) >= 11 is 0. The van der Waals surface area contributed by atoms with Crippen LogP contribution in [0.15, 0.2) is 24.3 Å². The Morgan fingerprint density at radius 2 is 1.86 bits per heavy atom. The summed E-state index contributed by atoms with van der Waals surface area (Å²) in [7, 11) is 3.36. The predicted octanol–water partition coefficient (Wildman–Crippen LogP) is 1.43. The minimum absolute atomic E-state index is 0.607. The summed E-state index contributed by atoms with van der Waals surface area (Å²) in [4.78, 5) is 0. The minimum Gasteiger partial charge on any atom is -0.497 e. The van der Waals surface area contributed by atoms with Crippen molar-refractivity contribution < 1.29 is 9.47 Å². The third kappa shape index (κ3) is 3.77. The van der Waals surface area contributed by atoms with E-state index in [1.165, 1.54) is 5.56 Å². The maximum Gasteiger partial charge on any atom is 0.118 e. The Morgan fingerprint density at radius 1 is 1.14 bits per heavy atom. The normalized spacial score (nSPS) is 10.1. The van der Waals surface area contributed by atoms with Crippen molar-refractivity contribution in [1.29, 1.82) is 0 Å². The lowest BCUT2D eigenvalue weighted by Crippen LogP contribution is -2.19. The molecule has 0 aromatic heterocycles. The molecule has 0 spiro atoms.